The number of ketones is 1. The molecule has 0 aliphatic heterocycles. The van der Waals surface area contributed by atoms with Gasteiger partial charge in [0, 0.05) is 12.1 Å². The number of hydrogen-bond acceptors (Lipinski definition) is 5. The maximum Gasteiger partial charge on any atom is 0.263 e. The molecule has 2 heterocycles. The van der Waals surface area contributed by atoms with Gasteiger partial charge in [0.05, 0.1) is 16.2 Å². The minimum absolute atomic E-state index is 0.0311. The second kappa shape index (κ2) is 7.91. The van der Waals surface area contributed by atoms with Gasteiger partial charge in [0.15, 0.2) is 10.9 Å². The predicted octanol–water partition coefficient (Wildman–Crippen LogP) is 4.21. The van der Waals surface area contributed by atoms with Gasteiger partial charge in [0.2, 0.25) is 5.78 Å². The Bertz CT molecular complexity index is 1350. The molecular formula is C23H22N4O2S. The summed E-state index contributed by atoms with van der Waals surface area (Å²) in [6.07, 6.45) is 1.66. The molecule has 0 aliphatic carbocycles. The van der Waals surface area contributed by atoms with Gasteiger partial charge in [-0.2, -0.15) is 0 Å². The molecule has 7 heteroatoms. The van der Waals surface area contributed by atoms with E-state index in [2.05, 4.69) is 16.8 Å². The van der Waals surface area contributed by atoms with E-state index in [1.807, 2.05) is 61.6 Å². The van der Waals surface area contributed by atoms with Gasteiger partial charge in [-0.05, 0) is 50.1 Å². The fourth-order valence-electron chi connectivity index (χ4n) is 3.44. The van der Waals surface area contributed by atoms with Crippen LogP contribution in [-0.2, 0) is 6.54 Å². The summed E-state index contributed by atoms with van der Waals surface area (Å²) in [6, 6.07) is 13.1. The van der Waals surface area contributed by atoms with E-state index in [0.29, 0.717) is 28.4 Å². The van der Waals surface area contributed by atoms with Gasteiger partial charge in [-0.3, -0.25) is 18.6 Å². The maximum atomic E-state index is 13.0. The summed E-state index contributed by atoms with van der Waals surface area (Å²) in [5.74, 6) is 0.468. The third-order valence-corrected chi connectivity index (χ3v) is 6.28. The first-order chi connectivity index (χ1) is 14.4. The highest BCUT2D eigenvalue weighted by molar-refractivity contribution is 8.00. The Hall–Kier alpha value is -3.19. The van der Waals surface area contributed by atoms with Crippen molar-refractivity contribution in [3.8, 4) is 0 Å². The van der Waals surface area contributed by atoms with E-state index in [4.69, 9.17) is 0 Å². The predicted molar refractivity (Wildman–Crippen MR) is 121 cm³/mol. The molecule has 30 heavy (non-hydrogen) atoms. The first-order valence-electron chi connectivity index (χ1n) is 9.68. The number of carbonyl (C=O) groups excluding carboxylic acids is 1. The van der Waals surface area contributed by atoms with E-state index in [-0.39, 0.29) is 16.6 Å². The normalized spacial score (nSPS) is 12.4. The number of thioether (sulfide) groups is 1. The van der Waals surface area contributed by atoms with Crippen LogP contribution >= 0.6 is 11.8 Å². The van der Waals surface area contributed by atoms with Crippen molar-refractivity contribution >= 4 is 34.2 Å². The zero-order valence-corrected chi connectivity index (χ0v) is 17.9. The van der Waals surface area contributed by atoms with Gasteiger partial charge in [-0.1, -0.05) is 42.1 Å². The van der Waals surface area contributed by atoms with E-state index in [9.17, 15) is 9.59 Å². The lowest BCUT2D eigenvalue weighted by Crippen LogP contribution is -2.23. The molecule has 152 valence electrons. The van der Waals surface area contributed by atoms with Crippen molar-refractivity contribution in [3.05, 3.63) is 82.2 Å². The van der Waals surface area contributed by atoms with Crippen molar-refractivity contribution in [2.45, 2.75) is 37.7 Å². The molecule has 0 radical (unpaired) electrons. The number of aryl methyl sites for hydroxylation is 2. The Balaban J connectivity index is 1.80. The average Bonchev–Trinajstić information content (AvgIpc) is 3.16. The Labute approximate surface area is 178 Å². The van der Waals surface area contributed by atoms with Crippen molar-refractivity contribution in [1.82, 2.24) is 19.2 Å². The molecule has 0 fully saturated rings. The Morgan fingerprint density at radius 2 is 1.93 bits per heavy atom. The summed E-state index contributed by atoms with van der Waals surface area (Å²) < 4.78 is 3.39. The van der Waals surface area contributed by atoms with Crippen molar-refractivity contribution < 1.29 is 4.79 Å². The fraction of sp³-hybridized carbons (Fsp3) is 0.217. The number of carbonyl (C=O) groups is 1. The van der Waals surface area contributed by atoms with Crippen molar-refractivity contribution in [2.24, 2.45) is 0 Å². The van der Waals surface area contributed by atoms with Crippen LogP contribution in [0.15, 0.2) is 65.1 Å². The molecule has 1 atom stereocenters. The fourth-order valence-corrected chi connectivity index (χ4v) is 4.38. The van der Waals surface area contributed by atoms with Gasteiger partial charge in [0.25, 0.3) is 5.56 Å². The number of hydrogen-bond donors (Lipinski definition) is 0. The monoisotopic (exact) mass is 418 g/mol. The summed E-state index contributed by atoms with van der Waals surface area (Å²) in [6.45, 7) is 9.96. The highest BCUT2D eigenvalue weighted by Gasteiger charge is 2.22. The summed E-state index contributed by atoms with van der Waals surface area (Å²) in [7, 11) is 0. The van der Waals surface area contributed by atoms with Gasteiger partial charge in [0.1, 0.15) is 0 Å². The standard InChI is InChI=1S/C23H22N4O2S/c1-5-12-26-21(29)18-8-6-7-9-19(18)27-22(26)24-25-23(27)30-16(4)20(28)17-11-10-14(2)15(3)13-17/h5-11,13,16H,1,12H2,2-4H3/t16-/m0/s1. The molecule has 4 rings (SSSR count). The molecule has 2 aromatic carbocycles. The van der Waals surface area contributed by atoms with Gasteiger partial charge in [-0.25, -0.2) is 0 Å². The minimum atomic E-state index is -0.363. The number of Topliss-reactive ketones (excluding diaryl/α,β-unsaturated/α-hetero) is 1. The molecule has 0 spiro atoms. The third-order valence-electron chi connectivity index (χ3n) is 5.23. The lowest BCUT2D eigenvalue weighted by Gasteiger charge is -2.12. The molecule has 6 nitrogen and oxygen atoms in total. The van der Waals surface area contributed by atoms with Crippen LogP contribution in [0.5, 0.6) is 0 Å². The molecule has 0 amide bonds. The molecule has 2 aromatic heterocycles. The second-order valence-corrected chi connectivity index (χ2v) is 8.57. The molecule has 4 aromatic rings. The van der Waals surface area contributed by atoms with Crippen LogP contribution in [-0.4, -0.2) is 30.2 Å². The molecule has 0 aliphatic rings. The van der Waals surface area contributed by atoms with Crippen LogP contribution in [0.1, 0.15) is 28.4 Å². The molecule has 0 bridgehead atoms. The molecule has 0 unspecified atom stereocenters. The smallest absolute Gasteiger partial charge is 0.263 e. The SMILES string of the molecule is C=CCn1c(=O)c2ccccc2n2c(S[C@@H](C)C(=O)c3ccc(C)c(C)c3)nnc12. The van der Waals surface area contributed by atoms with Crippen LogP contribution in [0, 0.1) is 13.8 Å². The number of rotatable bonds is 6. The second-order valence-electron chi connectivity index (χ2n) is 7.26. The first kappa shape index (κ1) is 20.1. The first-order valence-corrected chi connectivity index (χ1v) is 10.6. The van der Waals surface area contributed by atoms with Crippen molar-refractivity contribution in [2.75, 3.05) is 0 Å². The number of aromatic nitrogens is 4. The Morgan fingerprint density at radius 3 is 2.67 bits per heavy atom. The van der Waals surface area contributed by atoms with Crippen molar-refractivity contribution in [3.63, 3.8) is 0 Å². The van der Waals surface area contributed by atoms with Crippen LogP contribution in [0.4, 0.5) is 0 Å². The summed E-state index contributed by atoms with van der Waals surface area (Å²) in [4.78, 5) is 25.9. The molecule has 0 saturated heterocycles. The highest BCUT2D eigenvalue weighted by atomic mass is 32.2. The molecule has 0 saturated carbocycles. The Morgan fingerprint density at radius 1 is 1.17 bits per heavy atom. The Kier molecular flexibility index (Phi) is 5.30. The number of allylic oxidation sites excluding steroid dienone is 1. The van der Waals surface area contributed by atoms with Crippen LogP contribution in [0.25, 0.3) is 16.7 Å². The van der Waals surface area contributed by atoms with E-state index in [1.165, 1.54) is 11.8 Å². The number of nitrogens with zero attached hydrogens (tertiary/aromatic N) is 4. The van der Waals surface area contributed by atoms with E-state index in [0.717, 1.165) is 16.6 Å². The topological polar surface area (TPSA) is 69.3 Å². The summed E-state index contributed by atoms with van der Waals surface area (Å²) in [5.41, 5.74) is 3.50. The quantitative estimate of drug-likeness (QED) is 0.267. The van der Waals surface area contributed by atoms with Crippen LogP contribution in [0.3, 0.4) is 0 Å². The van der Waals surface area contributed by atoms with E-state index >= 15 is 0 Å². The number of para-hydroxylation sites is 1. The summed E-state index contributed by atoms with van der Waals surface area (Å²) >= 11 is 1.34. The van der Waals surface area contributed by atoms with Gasteiger partial charge < -0.3 is 0 Å². The van der Waals surface area contributed by atoms with Gasteiger partial charge >= 0.3 is 0 Å². The zero-order valence-electron chi connectivity index (χ0n) is 17.1. The van der Waals surface area contributed by atoms with E-state index in [1.54, 1.807) is 16.7 Å². The maximum absolute atomic E-state index is 13.0. The zero-order chi connectivity index (χ0) is 21.4. The number of benzene rings is 2. The van der Waals surface area contributed by atoms with Crippen LogP contribution < -0.4 is 5.56 Å². The molecular weight excluding hydrogens is 396 g/mol. The largest absolute Gasteiger partial charge is 0.293 e. The van der Waals surface area contributed by atoms with Crippen LogP contribution in [0.2, 0.25) is 0 Å². The van der Waals surface area contributed by atoms with Crippen molar-refractivity contribution in [1.29, 1.82) is 0 Å². The third kappa shape index (κ3) is 3.35. The molecule has 0 N–H and O–H groups in total. The van der Waals surface area contributed by atoms with E-state index < -0.39 is 0 Å². The highest BCUT2D eigenvalue weighted by Crippen LogP contribution is 2.27. The minimum Gasteiger partial charge on any atom is -0.293 e. The summed E-state index contributed by atoms with van der Waals surface area (Å²) in [5, 5.41) is 9.34. The lowest BCUT2D eigenvalue weighted by atomic mass is 10.0. The number of fused-ring (bicyclic) bond motifs is 3. The average molecular weight is 419 g/mol. The van der Waals surface area contributed by atoms with Gasteiger partial charge in [-0.15, -0.1) is 16.8 Å². The lowest BCUT2D eigenvalue weighted by molar-refractivity contribution is 0.0994.